The molecule has 7 heteroatoms. The first kappa shape index (κ1) is 15.4. The summed E-state index contributed by atoms with van der Waals surface area (Å²) in [7, 11) is 0. The lowest BCUT2D eigenvalue weighted by atomic mass is 10.1. The van der Waals surface area contributed by atoms with Crippen LogP contribution in [0.3, 0.4) is 0 Å². The lowest BCUT2D eigenvalue weighted by Crippen LogP contribution is -2.06. The van der Waals surface area contributed by atoms with E-state index in [0.29, 0.717) is 5.75 Å². The van der Waals surface area contributed by atoms with Crippen LogP contribution in [-0.2, 0) is 0 Å². The molecule has 1 unspecified atom stereocenters. The smallest absolute Gasteiger partial charge is 0.305 e. The third kappa shape index (κ3) is 3.56. The summed E-state index contributed by atoms with van der Waals surface area (Å²) in [5, 5.41) is 10.6. The number of nitro benzene ring substituents is 1. The van der Waals surface area contributed by atoms with Gasteiger partial charge in [0.2, 0.25) is 5.82 Å². The molecule has 0 fully saturated rings. The van der Waals surface area contributed by atoms with Crippen LogP contribution in [0, 0.1) is 15.9 Å². The highest BCUT2D eigenvalue weighted by atomic mass is 79.9. The highest BCUT2D eigenvalue weighted by Crippen LogP contribution is 2.33. The van der Waals surface area contributed by atoms with Gasteiger partial charge in [-0.25, -0.2) is 0 Å². The largest absolute Gasteiger partial charge is 0.457 e. The first-order valence-corrected chi connectivity index (χ1v) is 6.84. The van der Waals surface area contributed by atoms with E-state index in [1.165, 1.54) is 6.07 Å². The molecule has 0 heterocycles. The molecule has 0 bridgehead atoms. The second-order valence-electron chi connectivity index (χ2n) is 4.44. The summed E-state index contributed by atoms with van der Waals surface area (Å²) in [4.78, 5) is 9.80. The average Bonchev–Trinajstić information content (AvgIpc) is 2.37. The number of rotatable bonds is 4. The van der Waals surface area contributed by atoms with Gasteiger partial charge in [0, 0.05) is 28.2 Å². The maximum absolute atomic E-state index is 13.6. The Morgan fingerprint density at radius 2 is 2.05 bits per heavy atom. The van der Waals surface area contributed by atoms with Crippen LogP contribution < -0.4 is 10.5 Å². The molecule has 2 N–H and O–H groups in total. The van der Waals surface area contributed by atoms with Gasteiger partial charge in [-0.1, -0.05) is 22.0 Å². The first-order chi connectivity index (χ1) is 9.88. The van der Waals surface area contributed by atoms with Crippen molar-refractivity contribution in [2.45, 2.75) is 13.0 Å². The number of hydrogen-bond acceptors (Lipinski definition) is 4. The second-order valence-corrected chi connectivity index (χ2v) is 5.36. The van der Waals surface area contributed by atoms with Crippen LogP contribution in [0.15, 0.2) is 40.9 Å². The van der Waals surface area contributed by atoms with Crippen molar-refractivity contribution in [2.24, 2.45) is 5.73 Å². The summed E-state index contributed by atoms with van der Waals surface area (Å²) < 4.78 is 20.0. The molecule has 0 amide bonds. The number of nitro groups is 1. The zero-order chi connectivity index (χ0) is 15.6. The van der Waals surface area contributed by atoms with Crippen LogP contribution in [0.5, 0.6) is 11.5 Å². The third-order valence-electron chi connectivity index (χ3n) is 2.81. The Labute approximate surface area is 128 Å². The van der Waals surface area contributed by atoms with Gasteiger partial charge in [-0.3, -0.25) is 10.1 Å². The van der Waals surface area contributed by atoms with Crippen molar-refractivity contribution in [1.82, 2.24) is 0 Å². The van der Waals surface area contributed by atoms with Crippen molar-refractivity contribution in [3.8, 4) is 11.5 Å². The van der Waals surface area contributed by atoms with Crippen LogP contribution in [0.25, 0.3) is 0 Å². The van der Waals surface area contributed by atoms with Crippen LogP contribution in [0.2, 0.25) is 0 Å². The molecule has 0 spiro atoms. The molecule has 5 nitrogen and oxygen atoms in total. The van der Waals surface area contributed by atoms with Crippen molar-refractivity contribution in [2.75, 3.05) is 0 Å². The molecule has 0 radical (unpaired) electrons. The molecular weight excluding hydrogens is 343 g/mol. The number of ether oxygens (including phenoxy) is 1. The van der Waals surface area contributed by atoms with E-state index >= 15 is 0 Å². The Morgan fingerprint density at radius 1 is 1.33 bits per heavy atom. The Morgan fingerprint density at radius 3 is 2.62 bits per heavy atom. The Hall–Kier alpha value is -1.99. The maximum Gasteiger partial charge on any atom is 0.305 e. The highest BCUT2D eigenvalue weighted by Gasteiger charge is 2.16. The van der Waals surface area contributed by atoms with E-state index in [1.807, 2.05) is 6.07 Å². The second kappa shape index (κ2) is 6.19. The lowest BCUT2D eigenvalue weighted by molar-refractivity contribution is -0.387. The van der Waals surface area contributed by atoms with E-state index in [1.54, 1.807) is 19.1 Å². The fourth-order valence-corrected chi connectivity index (χ4v) is 2.14. The molecule has 2 aromatic carbocycles. The van der Waals surface area contributed by atoms with E-state index in [2.05, 4.69) is 15.9 Å². The van der Waals surface area contributed by atoms with Crippen LogP contribution >= 0.6 is 15.9 Å². The van der Waals surface area contributed by atoms with Gasteiger partial charge < -0.3 is 10.5 Å². The first-order valence-electron chi connectivity index (χ1n) is 6.05. The molecule has 2 aromatic rings. The average molecular weight is 355 g/mol. The normalized spacial score (nSPS) is 12.0. The van der Waals surface area contributed by atoms with Crippen molar-refractivity contribution in [3.63, 3.8) is 0 Å². The maximum atomic E-state index is 13.6. The van der Waals surface area contributed by atoms with Gasteiger partial charge in [-0.15, -0.1) is 0 Å². The Balaban J connectivity index is 2.36. The van der Waals surface area contributed by atoms with Crippen LogP contribution in [-0.4, -0.2) is 4.92 Å². The molecule has 21 heavy (non-hydrogen) atoms. The number of nitrogens with two attached hydrogens (primary N) is 1. The molecule has 1 atom stereocenters. The summed E-state index contributed by atoms with van der Waals surface area (Å²) in [5.74, 6) is -0.319. The number of benzene rings is 2. The Kier molecular flexibility index (Phi) is 4.54. The quantitative estimate of drug-likeness (QED) is 0.655. The van der Waals surface area contributed by atoms with Gasteiger partial charge in [-0.05, 0) is 25.1 Å². The van der Waals surface area contributed by atoms with Crippen molar-refractivity contribution in [1.29, 1.82) is 0 Å². The molecule has 2 rings (SSSR count). The molecule has 110 valence electrons. The van der Waals surface area contributed by atoms with E-state index < -0.39 is 16.4 Å². The minimum absolute atomic E-state index is 0.165. The molecule has 0 aliphatic carbocycles. The topological polar surface area (TPSA) is 78.4 Å². The zero-order valence-corrected chi connectivity index (χ0v) is 12.6. The molecule has 0 saturated carbocycles. The standard InChI is InChI=1S/C14H12BrFN2O3/c1-8(17)11-4-2-9(15)6-14(11)21-10-3-5-13(18(19)20)12(16)7-10/h2-8H,17H2,1H3. The van der Waals surface area contributed by atoms with Crippen molar-refractivity contribution >= 4 is 21.6 Å². The van der Waals surface area contributed by atoms with Crippen LogP contribution in [0.4, 0.5) is 10.1 Å². The highest BCUT2D eigenvalue weighted by molar-refractivity contribution is 9.10. The summed E-state index contributed by atoms with van der Waals surface area (Å²) >= 11 is 3.32. The van der Waals surface area contributed by atoms with Gasteiger partial charge in [0.05, 0.1) is 4.92 Å². The summed E-state index contributed by atoms with van der Waals surface area (Å²) in [5.41, 5.74) is 6.01. The molecule has 0 saturated heterocycles. The van der Waals surface area contributed by atoms with E-state index in [9.17, 15) is 14.5 Å². The van der Waals surface area contributed by atoms with E-state index in [4.69, 9.17) is 10.5 Å². The van der Waals surface area contributed by atoms with Gasteiger partial charge in [-0.2, -0.15) is 4.39 Å². The van der Waals surface area contributed by atoms with Gasteiger partial charge >= 0.3 is 5.69 Å². The van der Waals surface area contributed by atoms with E-state index in [0.717, 1.165) is 22.2 Å². The minimum atomic E-state index is -0.949. The van der Waals surface area contributed by atoms with Crippen LogP contribution in [0.1, 0.15) is 18.5 Å². The number of nitrogens with zero attached hydrogens (tertiary/aromatic N) is 1. The monoisotopic (exact) mass is 354 g/mol. The predicted octanol–water partition coefficient (Wildman–Crippen LogP) is 4.31. The SMILES string of the molecule is CC(N)c1ccc(Br)cc1Oc1ccc([N+](=O)[O-])c(F)c1. The lowest BCUT2D eigenvalue weighted by Gasteiger charge is -2.14. The number of halogens is 2. The Bertz CT molecular complexity index is 692. The van der Waals surface area contributed by atoms with Crippen molar-refractivity contribution in [3.05, 3.63) is 62.4 Å². The fraction of sp³-hybridized carbons (Fsp3) is 0.143. The summed E-state index contributed by atoms with van der Waals surface area (Å²) in [6.07, 6.45) is 0. The van der Waals surface area contributed by atoms with Crippen molar-refractivity contribution < 1.29 is 14.1 Å². The fourth-order valence-electron chi connectivity index (χ4n) is 1.80. The van der Waals surface area contributed by atoms with Gasteiger partial charge in [0.1, 0.15) is 11.5 Å². The molecule has 0 aromatic heterocycles. The third-order valence-corrected chi connectivity index (χ3v) is 3.30. The molecule has 0 aliphatic rings. The number of hydrogen-bond donors (Lipinski definition) is 1. The van der Waals surface area contributed by atoms with Gasteiger partial charge in [0.25, 0.3) is 0 Å². The summed E-state index contributed by atoms with van der Waals surface area (Å²) in [6.45, 7) is 1.80. The molecule has 0 aliphatic heterocycles. The molecular formula is C14H12BrFN2O3. The summed E-state index contributed by atoms with van der Waals surface area (Å²) in [6, 6.07) is 8.44. The predicted molar refractivity (Wildman–Crippen MR) is 79.9 cm³/mol. The zero-order valence-electron chi connectivity index (χ0n) is 11.0. The van der Waals surface area contributed by atoms with E-state index in [-0.39, 0.29) is 11.8 Å². The minimum Gasteiger partial charge on any atom is -0.457 e. The van der Waals surface area contributed by atoms with Gasteiger partial charge in [0.15, 0.2) is 0 Å².